The number of aromatic amines is 1. The minimum absolute atomic E-state index is 0.491. The molecule has 4 aromatic rings. The molecule has 0 spiro atoms. The average molecular weight is 261 g/mol. The number of benzene rings is 1. The van der Waals surface area contributed by atoms with E-state index in [9.17, 15) is 0 Å². The number of nitrogens with two attached hydrogens (primary N) is 1. The van der Waals surface area contributed by atoms with E-state index in [0.717, 1.165) is 33.1 Å². The fourth-order valence-electron chi connectivity index (χ4n) is 2.35. The van der Waals surface area contributed by atoms with Crippen LogP contribution < -0.4 is 5.73 Å². The second-order valence-electron chi connectivity index (χ2n) is 4.63. The quantitative estimate of drug-likeness (QED) is 0.552. The summed E-state index contributed by atoms with van der Waals surface area (Å²) < 4.78 is 0. The van der Waals surface area contributed by atoms with Crippen molar-refractivity contribution in [1.29, 1.82) is 0 Å². The highest BCUT2D eigenvalue weighted by Gasteiger charge is 2.05. The number of hydrogen-bond acceptors (Lipinski definition) is 4. The summed E-state index contributed by atoms with van der Waals surface area (Å²) in [5.41, 5.74) is 10.8. The molecule has 0 unspecified atom stereocenters. The number of nitrogens with zero attached hydrogens (tertiary/aromatic N) is 3. The first-order chi connectivity index (χ1) is 9.81. The molecule has 0 amide bonds. The molecule has 3 heterocycles. The molecule has 0 aliphatic heterocycles. The summed E-state index contributed by atoms with van der Waals surface area (Å²) in [6.07, 6.45) is 5.22. The molecular formula is C15H11N5. The number of fused-ring (bicyclic) bond motifs is 2. The summed E-state index contributed by atoms with van der Waals surface area (Å²) in [7, 11) is 0. The fraction of sp³-hybridized carbons (Fsp3) is 0. The van der Waals surface area contributed by atoms with Crippen LogP contribution in [-0.4, -0.2) is 19.9 Å². The average Bonchev–Trinajstić information content (AvgIpc) is 2.95. The van der Waals surface area contributed by atoms with E-state index in [0.29, 0.717) is 5.82 Å². The highest BCUT2D eigenvalue weighted by molar-refractivity contribution is 5.92. The third-order valence-corrected chi connectivity index (χ3v) is 3.40. The Labute approximate surface area is 114 Å². The normalized spacial score (nSPS) is 11.2. The summed E-state index contributed by atoms with van der Waals surface area (Å²) in [5, 5.41) is 0.858. The molecular weight excluding hydrogens is 250 g/mol. The van der Waals surface area contributed by atoms with E-state index in [2.05, 4.69) is 26.0 Å². The first kappa shape index (κ1) is 10.9. The Morgan fingerprint density at radius 1 is 0.900 bits per heavy atom. The Balaban J connectivity index is 1.94. The van der Waals surface area contributed by atoms with Crippen LogP contribution in [-0.2, 0) is 0 Å². The molecule has 0 saturated carbocycles. The van der Waals surface area contributed by atoms with E-state index in [1.165, 1.54) is 6.33 Å². The standard InChI is InChI=1S/C15H11N5/c16-15-11-5-9(1-2-12(11)19-8-20-15)10-6-14-13(18-7-10)3-4-17-14/h1-8,17H,(H2,16,19,20). The van der Waals surface area contributed by atoms with Crippen molar-refractivity contribution in [3.05, 3.63) is 49.1 Å². The van der Waals surface area contributed by atoms with Gasteiger partial charge >= 0.3 is 0 Å². The van der Waals surface area contributed by atoms with Gasteiger partial charge in [-0.25, -0.2) is 9.97 Å². The van der Waals surface area contributed by atoms with Crippen LogP contribution in [0.5, 0.6) is 0 Å². The predicted molar refractivity (Wildman–Crippen MR) is 79.0 cm³/mol. The highest BCUT2D eigenvalue weighted by Crippen LogP contribution is 2.26. The first-order valence-electron chi connectivity index (χ1n) is 6.25. The lowest BCUT2D eigenvalue weighted by Gasteiger charge is -2.05. The van der Waals surface area contributed by atoms with Crippen molar-refractivity contribution in [1.82, 2.24) is 19.9 Å². The zero-order valence-electron chi connectivity index (χ0n) is 10.5. The maximum atomic E-state index is 5.90. The van der Waals surface area contributed by atoms with E-state index in [-0.39, 0.29) is 0 Å². The second kappa shape index (κ2) is 4.03. The lowest BCUT2D eigenvalue weighted by atomic mass is 10.0. The van der Waals surface area contributed by atoms with Crippen molar-refractivity contribution in [2.24, 2.45) is 0 Å². The molecule has 0 fully saturated rings. The summed E-state index contributed by atoms with van der Waals surface area (Å²) >= 11 is 0. The summed E-state index contributed by atoms with van der Waals surface area (Å²) in [6.45, 7) is 0. The van der Waals surface area contributed by atoms with Crippen molar-refractivity contribution in [2.75, 3.05) is 5.73 Å². The predicted octanol–water partition coefficient (Wildman–Crippen LogP) is 2.76. The number of nitrogen functional groups attached to an aromatic ring is 1. The number of H-pyrrole nitrogens is 1. The number of aromatic nitrogens is 4. The van der Waals surface area contributed by atoms with Gasteiger partial charge in [-0.3, -0.25) is 4.98 Å². The minimum Gasteiger partial charge on any atom is -0.383 e. The molecule has 0 aliphatic carbocycles. The molecule has 0 saturated heterocycles. The summed E-state index contributed by atoms with van der Waals surface area (Å²) in [4.78, 5) is 15.8. The molecule has 0 aliphatic rings. The second-order valence-corrected chi connectivity index (χ2v) is 4.63. The molecule has 3 aromatic heterocycles. The molecule has 3 N–H and O–H groups in total. The van der Waals surface area contributed by atoms with Gasteiger partial charge in [-0.1, -0.05) is 6.07 Å². The van der Waals surface area contributed by atoms with Gasteiger partial charge in [0.1, 0.15) is 12.1 Å². The maximum absolute atomic E-state index is 5.90. The monoisotopic (exact) mass is 261 g/mol. The van der Waals surface area contributed by atoms with Gasteiger partial charge in [0.25, 0.3) is 0 Å². The van der Waals surface area contributed by atoms with Gasteiger partial charge in [0.05, 0.1) is 16.6 Å². The van der Waals surface area contributed by atoms with Crippen LogP contribution in [0.2, 0.25) is 0 Å². The van der Waals surface area contributed by atoms with Crippen molar-refractivity contribution in [3.63, 3.8) is 0 Å². The molecule has 0 radical (unpaired) electrons. The SMILES string of the molecule is Nc1ncnc2ccc(-c3cnc4cc[nH]c4c3)cc12. The Bertz CT molecular complexity index is 926. The van der Waals surface area contributed by atoms with Crippen LogP contribution in [0, 0.1) is 0 Å². The molecule has 20 heavy (non-hydrogen) atoms. The Kier molecular flexibility index (Phi) is 2.20. The minimum atomic E-state index is 0.491. The smallest absolute Gasteiger partial charge is 0.134 e. The fourth-order valence-corrected chi connectivity index (χ4v) is 2.35. The Morgan fingerprint density at radius 3 is 2.80 bits per heavy atom. The first-order valence-corrected chi connectivity index (χ1v) is 6.25. The van der Waals surface area contributed by atoms with E-state index >= 15 is 0 Å². The lowest BCUT2D eigenvalue weighted by molar-refractivity contribution is 1.23. The van der Waals surface area contributed by atoms with Crippen molar-refractivity contribution in [2.45, 2.75) is 0 Å². The van der Waals surface area contributed by atoms with Crippen LogP contribution in [0.3, 0.4) is 0 Å². The zero-order valence-corrected chi connectivity index (χ0v) is 10.5. The number of nitrogens with one attached hydrogen (secondary N) is 1. The van der Waals surface area contributed by atoms with Crippen LogP contribution in [0.15, 0.2) is 49.1 Å². The molecule has 5 nitrogen and oxygen atoms in total. The molecule has 5 heteroatoms. The largest absolute Gasteiger partial charge is 0.383 e. The topological polar surface area (TPSA) is 80.5 Å². The third kappa shape index (κ3) is 1.60. The van der Waals surface area contributed by atoms with Crippen molar-refractivity contribution < 1.29 is 0 Å². The molecule has 4 rings (SSSR count). The van der Waals surface area contributed by atoms with Crippen LogP contribution in [0.1, 0.15) is 0 Å². The van der Waals surface area contributed by atoms with E-state index in [1.807, 2.05) is 36.7 Å². The number of hydrogen-bond donors (Lipinski definition) is 2. The maximum Gasteiger partial charge on any atom is 0.134 e. The van der Waals surface area contributed by atoms with Crippen LogP contribution in [0.4, 0.5) is 5.82 Å². The van der Waals surface area contributed by atoms with Gasteiger partial charge in [0.2, 0.25) is 0 Å². The van der Waals surface area contributed by atoms with E-state index in [1.54, 1.807) is 0 Å². The molecule has 0 atom stereocenters. The third-order valence-electron chi connectivity index (χ3n) is 3.40. The highest BCUT2D eigenvalue weighted by atomic mass is 14.9. The summed E-state index contributed by atoms with van der Waals surface area (Å²) in [6, 6.07) is 9.98. The number of anilines is 1. The van der Waals surface area contributed by atoms with Gasteiger partial charge in [0, 0.05) is 23.3 Å². The van der Waals surface area contributed by atoms with Crippen molar-refractivity contribution in [3.8, 4) is 11.1 Å². The van der Waals surface area contributed by atoms with E-state index < -0.39 is 0 Å². The number of pyridine rings is 1. The van der Waals surface area contributed by atoms with Crippen LogP contribution in [0.25, 0.3) is 33.1 Å². The molecule has 96 valence electrons. The zero-order chi connectivity index (χ0) is 13.5. The number of rotatable bonds is 1. The van der Waals surface area contributed by atoms with Gasteiger partial charge < -0.3 is 10.7 Å². The van der Waals surface area contributed by atoms with Gasteiger partial charge in [-0.2, -0.15) is 0 Å². The van der Waals surface area contributed by atoms with E-state index in [4.69, 9.17) is 5.73 Å². The Morgan fingerprint density at radius 2 is 1.85 bits per heavy atom. The van der Waals surface area contributed by atoms with Crippen LogP contribution >= 0.6 is 0 Å². The summed E-state index contributed by atoms with van der Waals surface area (Å²) in [5.74, 6) is 0.491. The molecule has 1 aromatic carbocycles. The Hall–Kier alpha value is -2.95. The van der Waals surface area contributed by atoms with Gasteiger partial charge in [-0.15, -0.1) is 0 Å². The van der Waals surface area contributed by atoms with Gasteiger partial charge in [0.15, 0.2) is 0 Å². The lowest BCUT2D eigenvalue weighted by Crippen LogP contribution is -1.93. The van der Waals surface area contributed by atoms with Gasteiger partial charge in [-0.05, 0) is 29.8 Å². The molecule has 0 bridgehead atoms. The van der Waals surface area contributed by atoms with Crippen molar-refractivity contribution >= 4 is 27.8 Å².